The molecule has 3 unspecified atom stereocenters. The lowest BCUT2D eigenvalue weighted by molar-refractivity contribution is -0.124. The van der Waals surface area contributed by atoms with Gasteiger partial charge >= 0.3 is 0 Å². The summed E-state index contributed by atoms with van der Waals surface area (Å²) < 4.78 is 14.8. The van der Waals surface area contributed by atoms with Gasteiger partial charge in [-0.15, -0.1) is 0 Å². The third-order valence-corrected chi connectivity index (χ3v) is 7.97. The van der Waals surface area contributed by atoms with Crippen LogP contribution in [0.3, 0.4) is 0 Å². The molecule has 1 saturated carbocycles. The molecule has 164 valence electrons. The van der Waals surface area contributed by atoms with E-state index in [0.717, 1.165) is 44.3 Å². The summed E-state index contributed by atoms with van der Waals surface area (Å²) in [5.41, 5.74) is 2.95. The molecule has 2 N–H and O–H groups in total. The Balaban J connectivity index is 1.21. The number of carbonyl (C=O) groups is 1. The summed E-state index contributed by atoms with van der Waals surface area (Å²) in [5.74, 6) is -0.0573. The molecule has 3 fully saturated rings. The number of piperidine rings is 2. The molecule has 2 aliphatic heterocycles. The Hall–Kier alpha value is -2.23. The van der Waals surface area contributed by atoms with Crippen LogP contribution < -0.4 is 10.6 Å². The quantitative estimate of drug-likeness (QED) is 0.766. The molecule has 1 amide bonds. The van der Waals surface area contributed by atoms with Gasteiger partial charge in [-0.2, -0.15) is 5.26 Å². The number of likely N-dealkylation sites (tertiary alicyclic amines) is 1. The van der Waals surface area contributed by atoms with Crippen molar-refractivity contribution in [3.05, 3.63) is 41.2 Å². The van der Waals surface area contributed by atoms with Crippen molar-refractivity contribution in [3.8, 4) is 6.07 Å². The Morgan fingerprint density at radius 2 is 2.16 bits per heavy atom. The molecule has 4 aliphatic rings. The molecule has 2 aliphatic carbocycles. The summed E-state index contributed by atoms with van der Waals surface area (Å²) in [6, 6.07) is 6.96. The minimum atomic E-state index is -0.723. The highest BCUT2D eigenvalue weighted by atomic mass is 19.1. The van der Waals surface area contributed by atoms with Crippen LogP contribution in [0.5, 0.6) is 0 Å². The number of fused-ring (bicyclic) bond motifs is 2. The predicted molar refractivity (Wildman–Crippen MR) is 117 cm³/mol. The molecule has 0 aromatic heterocycles. The van der Waals surface area contributed by atoms with Crippen molar-refractivity contribution >= 4 is 11.5 Å². The molecular weight excluding hydrogens is 391 g/mol. The summed E-state index contributed by atoms with van der Waals surface area (Å²) in [6.07, 6.45) is 9.13. The second-order valence-electron chi connectivity index (χ2n) is 10.1. The maximum atomic E-state index is 14.8. The number of nitrogens with one attached hydrogen (secondary N) is 2. The second kappa shape index (κ2) is 8.03. The summed E-state index contributed by atoms with van der Waals surface area (Å²) in [4.78, 5) is 15.0. The lowest BCUT2D eigenvalue weighted by Crippen LogP contribution is -2.50. The summed E-state index contributed by atoms with van der Waals surface area (Å²) in [6.45, 7) is 2.24. The molecule has 2 bridgehead atoms. The Morgan fingerprint density at radius 1 is 1.39 bits per heavy atom. The standard InChI is InChI=1S/C25H31FN4O/c1-30-8-6-25(7-9-30)13-19(14-25)16-2-3-17(22(26)12-16)10-21(15-27)29-24(31)23-18-4-5-20(11-18)28-23/h2-3,12-13,18,20-21,23,28H,4-11,14H2,1H3,(H,29,31)/t18?,20?,21-,23?/m0/s1. The van der Waals surface area contributed by atoms with Crippen molar-refractivity contribution < 1.29 is 9.18 Å². The van der Waals surface area contributed by atoms with Gasteiger partial charge in [0.1, 0.15) is 11.9 Å². The fraction of sp³-hybridized carbons (Fsp3) is 0.600. The molecule has 2 saturated heterocycles. The number of halogens is 1. The first kappa shape index (κ1) is 20.7. The number of rotatable bonds is 5. The van der Waals surface area contributed by atoms with Crippen molar-refractivity contribution in [1.82, 2.24) is 15.5 Å². The molecule has 1 spiro atoms. The van der Waals surface area contributed by atoms with E-state index < -0.39 is 6.04 Å². The maximum absolute atomic E-state index is 14.8. The van der Waals surface area contributed by atoms with Crippen LogP contribution in [0.4, 0.5) is 4.39 Å². The van der Waals surface area contributed by atoms with E-state index in [1.54, 1.807) is 12.1 Å². The van der Waals surface area contributed by atoms with Crippen LogP contribution in [0.15, 0.2) is 24.3 Å². The van der Waals surface area contributed by atoms with Crippen molar-refractivity contribution in [2.45, 2.75) is 63.1 Å². The number of allylic oxidation sites excluding steroid dienone is 2. The summed E-state index contributed by atoms with van der Waals surface area (Å²) in [7, 11) is 2.16. The number of hydrogen-bond donors (Lipinski definition) is 2. The Labute approximate surface area is 183 Å². The van der Waals surface area contributed by atoms with E-state index in [-0.39, 0.29) is 24.2 Å². The Kier molecular flexibility index (Phi) is 5.35. The Morgan fingerprint density at radius 3 is 2.77 bits per heavy atom. The number of hydrogen-bond acceptors (Lipinski definition) is 4. The summed E-state index contributed by atoms with van der Waals surface area (Å²) >= 11 is 0. The molecule has 4 atom stereocenters. The van der Waals surface area contributed by atoms with Crippen LogP contribution in [0.1, 0.15) is 49.7 Å². The lowest BCUT2D eigenvalue weighted by atomic mass is 9.64. The summed E-state index contributed by atoms with van der Waals surface area (Å²) in [5, 5.41) is 15.7. The SMILES string of the molecule is CN1CCC2(C=C(c3ccc(C[C@@H](C#N)NC(=O)C4NC5CCC4C5)c(F)c3)C2)CC1. The van der Waals surface area contributed by atoms with Crippen LogP contribution in [-0.2, 0) is 11.2 Å². The van der Waals surface area contributed by atoms with Gasteiger partial charge in [0.05, 0.1) is 12.1 Å². The van der Waals surface area contributed by atoms with Gasteiger partial charge in [-0.25, -0.2) is 4.39 Å². The minimum absolute atomic E-state index is 0.126. The molecule has 31 heavy (non-hydrogen) atoms. The van der Waals surface area contributed by atoms with Gasteiger partial charge in [0.25, 0.3) is 0 Å². The average Bonchev–Trinajstić information content (AvgIpc) is 3.37. The number of amides is 1. The highest BCUT2D eigenvalue weighted by Crippen LogP contribution is 2.50. The first-order valence-corrected chi connectivity index (χ1v) is 11.6. The van der Waals surface area contributed by atoms with Crippen molar-refractivity contribution in [2.75, 3.05) is 20.1 Å². The first-order valence-electron chi connectivity index (χ1n) is 11.6. The maximum Gasteiger partial charge on any atom is 0.238 e. The van der Waals surface area contributed by atoms with Gasteiger partial charge < -0.3 is 15.5 Å². The van der Waals surface area contributed by atoms with Gasteiger partial charge in [-0.1, -0.05) is 18.2 Å². The fourth-order valence-corrected chi connectivity index (χ4v) is 5.96. The van der Waals surface area contributed by atoms with E-state index in [9.17, 15) is 14.4 Å². The van der Waals surface area contributed by atoms with E-state index in [4.69, 9.17) is 0 Å². The molecular formula is C25H31FN4O. The van der Waals surface area contributed by atoms with E-state index in [1.807, 2.05) is 6.07 Å². The lowest BCUT2D eigenvalue weighted by Gasteiger charge is -2.45. The molecule has 5 rings (SSSR count). The van der Waals surface area contributed by atoms with Crippen LogP contribution in [0, 0.1) is 28.5 Å². The highest BCUT2D eigenvalue weighted by molar-refractivity contribution is 5.83. The van der Waals surface area contributed by atoms with Gasteiger partial charge in [0.15, 0.2) is 0 Å². The number of nitrogens with zero attached hydrogens (tertiary/aromatic N) is 2. The van der Waals surface area contributed by atoms with Crippen LogP contribution in [-0.4, -0.2) is 49.1 Å². The van der Waals surface area contributed by atoms with Crippen molar-refractivity contribution in [2.24, 2.45) is 11.3 Å². The minimum Gasteiger partial charge on any atom is -0.339 e. The predicted octanol–water partition coefficient (Wildman–Crippen LogP) is 3.02. The molecule has 1 aromatic carbocycles. The fourth-order valence-electron chi connectivity index (χ4n) is 5.96. The zero-order chi connectivity index (χ0) is 21.6. The smallest absolute Gasteiger partial charge is 0.238 e. The van der Waals surface area contributed by atoms with Crippen LogP contribution >= 0.6 is 0 Å². The van der Waals surface area contributed by atoms with E-state index >= 15 is 0 Å². The topological polar surface area (TPSA) is 68.2 Å². The van der Waals surface area contributed by atoms with E-state index in [0.29, 0.717) is 22.9 Å². The molecule has 1 aromatic rings. The molecule has 2 heterocycles. The first-order chi connectivity index (χ1) is 14.9. The third-order valence-electron chi connectivity index (χ3n) is 7.97. The van der Waals surface area contributed by atoms with Crippen LogP contribution in [0.25, 0.3) is 5.57 Å². The largest absolute Gasteiger partial charge is 0.339 e. The number of nitriles is 1. The zero-order valence-corrected chi connectivity index (χ0v) is 18.2. The highest BCUT2D eigenvalue weighted by Gasteiger charge is 2.43. The van der Waals surface area contributed by atoms with Crippen molar-refractivity contribution in [3.63, 3.8) is 0 Å². The van der Waals surface area contributed by atoms with Crippen molar-refractivity contribution in [1.29, 1.82) is 5.26 Å². The monoisotopic (exact) mass is 422 g/mol. The molecule has 6 heteroatoms. The van der Waals surface area contributed by atoms with E-state index in [1.165, 1.54) is 18.4 Å². The second-order valence-corrected chi connectivity index (χ2v) is 10.1. The van der Waals surface area contributed by atoms with Gasteiger partial charge in [0, 0.05) is 12.5 Å². The zero-order valence-electron chi connectivity index (χ0n) is 18.2. The van der Waals surface area contributed by atoms with Crippen LogP contribution in [0.2, 0.25) is 0 Å². The van der Waals surface area contributed by atoms with E-state index in [2.05, 4.69) is 34.7 Å². The molecule has 5 nitrogen and oxygen atoms in total. The third kappa shape index (κ3) is 4.02. The normalized spacial score (nSPS) is 29.8. The number of benzene rings is 1. The van der Waals surface area contributed by atoms with Gasteiger partial charge in [-0.05, 0) is 92.8 Å². The van der Waals surface area contributed by atoms with Gasteiger partial charge in [0.2, 0.25) is 5.91 Å². The number of carbonyl (C=O) groups excluding carboxylic acids is 1. The molecule has 0 radical (unpaired) electrons. The average molecular weight is 423 g/mol. The van der Waals surface area contributed by atoms with Gasteiger partial charge in [-0.3, -0.25) is 4.79 Å². The Bertz CT molecular complexity index is 943.